The Morgan fingerprint density at radius 3 is 2.32 bits per heavy atom. The van der Waals surface area contributed by atoms with Crippen LogP contribution in [-0.4, -0.2) is 36.9 Å². The number of hydrogen-bond donors (Lipinski definition) is 1. The monoisotopic (exact) mass is 381 g/mol. The largest absolute Gasteiger partial charge is 0.497 e. The second-order valence-corrected chi connectivity index (χ2v) is 6.56. The van der Waals surface area contributed by atoms with Crippen molar-refractivity contribution in [3.05, 3.63) is 59.7 Å². The molecule has 3 rings (SSSR count). The number of amides is 3. The molecule has 1 fully saturated rings. The van der Waals surface area contributed by atoms with Crippen molar-refractivity contribution in [3.63, 3.8) is 0 Å². The third-order valence-electron chi connectivity index (χ3n) is 4.51. The highest BCUT2D eigenvalue weighted by molar-refractivity contribution is 6.07. The van der Waals surface area contributed by atoms with E-state index in [2.05, 4.69) is 10.4 Å². The van der Waals surface area contributed by atoms with Gasteiger partial charge in [0.2, 0.25) is 0 Å². The van der Waals surface area contributed by atoms with E-state index < -0.39 is 17.5 Å². The van der Waals surface area contributed by atoms with Gasteiger partial charge in [-0.25, -0.2) is 4.79 Å². The molecule has 2 aromatic rings. The molecule has 2 aromatic carbocycles. The first-order chi connectivity index (χ1) is 13.5. The van der Waals surface area contributed by atoms with E-state index in [1.54, 1.807) is 38.3 Å². The summed E-state index contributed by atoms with van der Waals surface area (Å²) in [5, 5.41) is 7.65. The molecule has 0 unspecified atom stereocenters. The van der Waals surface area contributed by atoms with E-state index in [0.717, 1.165) is 22.7 Å². The number of urea groups is 1. The van der Waals surface area contributed by atoms with Gasteiger partial charge in [0.05, 0.1) is 19.9 Å². The lowest BCUT2D eigenvalue weighted by molar-refractivity contribution is -0.131. The number of carbonyl (C=O) groups excluding carboxylic acids is 2. The summed E-state index contributed by atoms with van der Waals surface area (Å²) in [4.78, 5) is 25.2. The average molecular weight is 381 g/mol. The molecule has 0 aliphatic carbocycles. The van der Waals surface area contributed by atoms with E-state index in [9.17, 15) is 9.59 Å². The van der Waals surface area contributed by atoms with E-state index in [-0.39, 0.29) is 0 Å². The summed E-state index contributed by atoms with van der Waals surface area (Å²) < 4.78 is 10.7. The maximum Gasteiger partial charge on any atom is 0.346 e. The molecule has 0 radical (unpaired) electrons. The second-order valence-electron chi connectivity index (χ2n) is 6.56. The third kappa shape index (κ3) is 3.83. The number of ether oxygens (including phenoxy) is 2. The third-order valence-corrected chi connectivity index (χ3v) is 4.51. The number of hydrazone groups is 1. The van der Waals surface area contributed by atoms with Crippen LogP contribution in [0.4, 0.5) is 4.79 Å². The van der Waals surface area contributed by atoms with E-state index in [0.29, 0.717) is 17.9 Å². The van der Waals surface area contributed by atoms with E-state index in [1.807, 2.05) is 31.2 Å². The highest BCUT2D eigenvalue weighted by Crippen LogP contribution is 2.30. The van der Waals surface area contributed by atoms with Crippen LogP contribution in [0.2, 0.25) is 0 Å². The van der Waals surface area contributed by atoms with Gasteiger partial charge in [-0.05, 0) is 60.9 Å². The molecule has 146 valence electrons. The quantitative estimate of drug-likeness (QED) is 0.590. The summed E-state index contributed by atoms with van der Waals surface area (Å²) in [6.45, 7) is 4.35. The van der Waals surface area contributed by atoms with Crippen LogP contribution >= 0.6 is 0 Å². The number of hydrogen-bond acceptors (Lipinski definition) is 5. The van der Waals surface area contributed by atoms with Gasteiger partial charge in [-0.15, -0.1) is 5.01 Å². The maximum absolute atomic E-state index is 12.9. The molecule has 1 aliphatic heterocycles. The number of nitrogens with zero attached hydrogens (tertiary/aromatic N) is 2. The summed E-state index contributed by atoms with van der Waals surface area (Å²) in [5.41, 5.74) is 0.225. The molecular formula is C21H23N3O4. The molecule has 1 saturated heterocycles. The van der Waals surface area contributed by atoms with E-state index >= 15 is 0 Å². The van der Waals surface area contributed by atoms with Gasteiger partial charge in [0.1, 0.15) is 17.0 Å². The second kappa shape index (κ2) is 8.12. The molecule has 3 amide bonds. The molecule has 7 heteroatoms. The first-order valence-corrected chi connectivity index (χ1v) is 9.06. The van der Waals surface area contributed by atoms with Crippen molar-refractivity contribution in [2.45, 2.75) is 25.8 Å². The molecule has 7 nitrogen and oxygen atoms in total. The zero-order valence-electron chi connectivity index (χ0n) is 16.1. The van der Waals surface area contributed by atoms with Crippen molar-refractivity contribution in [2.24, 2.45) is 5.10 Å². The van der Waals surface area contributed by atoms with Crippen LogP contribution in [0.25, 0.3) is 0 Å². The Morgan fingerprint density at radius 2 is 1.71 bits per heavy atom. The van der Waals surface area contributed by atoms with Crippen LogP contribution in [-0.2, 0) is 10.3 Å². The Bertz CT molecular complexity index is 878. The fourth-order valence-corrected chi connectivity index (χ4v) is 2.84. The van der Waals surface area contributed by atoms with Gasteiger partial charge in [-0.1, -0.05) is 19.1 Å². The van der Waals surface area contributed by atoms with Crippen LogP contribution in [0, 0.1) is 0 Å². The molecule has 0 saturated carbocycles. The number of carbonyl (C=O) groups is 2. The Labute approximate surface area is 163 Å². The molecule has 0 bridgehead atoms. The zero-order valence-corrected chi connectivity index (χ0v) is 16.1. The van der Waals surface area contributed by atoms with Crippen molar-refractivity contribution < 1.29 is 19.1 Å². The van der Waals surface area contributed by atoms with Crippen molar-refractivity contribution in [2.75, 3.05) is 13.7 Å². The summed E-state index contributed by atoms with van der Waals surface area (Å²) in [6, 6.07) is 13.7. The summed E-state index contributed by atoms with van der Waals surface area (Å²) in [6.07, 6.45) is 2.41. The molecule has 1 aliphatic rings. The lowest BCUT2D eigenvalue weighted by atomic mass is 9.92. The van der Waals surface area contributed by atoms with Gasteiger partial charge in [-0.3, -0.25) is 4.79 Å². The summed E-state index contributed by atoms with van der Waals surface area (Å²) >= 11 is 0. The first kappa shape index (κ1) is 19.4. The average Bonchev–Trinajstić information content (AvgIpc) is 2.94. The van der Waals surface area contributed by atoms with Gasteiger partial charge in [0.15, 0.2) is 0 Å². The fraction of sp³-hybridized carbons (Fsp3) is 0.286. The van der Waals surface area contributed by atoms with Crippen molar-refractivity contribution in [1.29, 1.82) is 0 Å². The highest BCUT2D eigenvalue weighted by atomic mass is 16.5. The van der Waals surface area contributed by atoms with Crippen molar-refractivity contribution in [1.82, 2.24) is 10.3 Å². The van der Waals surface area contributed by atoms with E-state index in [1.165, 1.54) is 6.21 Å². The minimum atomic E-state index is -1.18. The first-order valence-electron chi connectivity index (χ1n) is 9.06. The minimum Gasteiger partial charge on any atom is -0.497 e. The molecule has 1 heterocycles. The Hall–Kier alpha value is -3.35. The molecule has 1 N–H and O–H groups in total. The number of benzene rings is 2. The lowest BCUT2D eigenvalue weighted by Crippen LogP contribution is -2.40. The molecule has 28 heavy (non-hydrogen) atoms. The Kier molecular flexibility index (Phi) is 5.63. The number of nitrogens with one attached hydrogen (secondary N) is 1. The van der Waals surface area contributed by atoms with Gasteiger partial charge < -0.3 is 14.8 Å². The van der Waals surface area contributed by atoms with Crippen molar-refractivity contribution in [3.8, 4) is 11.5 Å². The Balaban J connectivity index is 1.75. The highest BCUT2D eigenvalue weighted by Gasteiger charge is 2.49. The van der Waals surface area contributed by atoms with Crippen LogP contribution in [0.5, 0.6) is 11.5 Å². The van der Waals surface area contributed by atoms with E-state index in [4.69, 9.17) is 9.47 Å². The Morgan fingerprint density at radius 1 is 1.07 bits per heavy atom. The van der Waals surface area contributed by atoms with Crippen LogP contribution < -0.4 is 14.8 Å². The standard InChI is InChI=1S/C21H23N3O4/c1-4-13-28-18-9-5-15(6-10-18)14-22-24-19(25)21(2,23-20(24)26)16-7-11-17(27-3)12-8-16/h5-12,14H,4,13H2,1-3H3,(H,23,26)/b22-14-/t21-/m0/s1. The normalized spacial score (nSPS) is 19.2. The number of methoxy groups -OCH3 is 1. The topological polar surface area (TPSA) is 80.2 Å². The predicted molar refractivity (Wildman–Crippen MR) is 106 cm³/mol. The number of imide groups is 1. The van der Waals surface area contributed by atoms with Crippen LogP contribution in [0.3, 0.4) is 0 Å². The van der Waals surface area contributed by atoms with Gasteiger partial charge in [0.25, 0.3) is 5.91 Å². The van der Waals surface area contributed by atoms with Crippen LogP contribution in [0.1, 0.15) is 31.4 Å². The summed E-state index contributed by atoms with van der Waals surface area (Å²) in [5.74, 6) is 0.994. The van der Waals surface area contributed by atoms with Gasteiger partial charge >= 0.3 is 6.03 Å². The SMILES string of the molecule is CCCOc1ccc(/C=N\N2C(=O)N[C@@](C)(c3ccc(OC)cc3)C2=O)cc1. The zero-order chi connectivity index (χ0) is 20.1. The molecule has 0 aromatic heterocycles. The van der Waals surface area contributed by atoms with Gasteiger partial charge in [0, 0.05) is 0 Å². The number of rotatable bonds is 7. The van der Waals surface area contributed by atoms with Crippen molar-refractivity contribution >= 4 is 18.2 Å². The molecule has 0 spiro atoms. The predicted octanol–water partition coefficient (Wildman–Crippen LogP) is 3.29. The summed E-state index contributed by atoms with van der Waals surface area (Å²) in [7, 11) is 1.57. The lowest BCUT2D eigenvalue weighted by Gasteiger charge is -2.21. The maximum atomic E-state index is 12.9. The molecule has 1 atom stereocenters. The minimum absolute atomic E-state index is 0.443. The van der Waals surface area contributed by atoms with Crippen LogP contribution in [0.15, 0.2) is 53.6 Å². The van der Waals surface area contributed by atoms with Gasteiger partial charge in [-0.2, -0.15) is 5.10 Å². The molecular weight excluding hydrogens is 358 g/mol. The fourth-order valence-electron chi connectivity index (χ4n) is 2.84. The smallest absolute Gasteiger partial charge is 0.346 e.